The maximum Gasteiger partial charge on any atom is 0.145 e. The molecule has 3 heteroatoms. The Bertz CT molecular complexity index is 622. The summed E-state index contributed by atoms with van der Waals surface area (Å²) >= 11 is 5.82. The van der Waals surface area contributed by atoms with Gasteiger partial charge < -0.3 is 5.11 Å². The normalized spacial score (nSPS) is 18.0. The van der Waals surface area contributed by atoms with Crippen LogP contribution in [0.15, 0.2) is 48.5 Å². The molecular weight excluding hydrogens is 287 g/mol. The molecule has 1 N–H and O–H groups in total. The first kappa shape index (κ1) is 14.6. The fraction of sp³-hybridized carbons (Fsp3) is 0.333. The van der Waals surface area contributed by atoms with Gasteiger partial charge in [0.25, 0.3) is 0 Å². The Labute approximate surface area is 129 Å². The van der Waals surface area contributed by atoms with Gasteiger partial charge >= 0.3 is 0 Å². The quantitative estimate of drug-likeness (QED) is 0.881. The van der Waals surface area contributed by atoms with E-state index in [1.54, 1.807) is 12.1 Å². The molecule has 0 aliphatic heterocycles. The molecule has 0 bridgehead atoms. The highest BCUT2D eigenvalue weighted by molar-refractivity contribution is 6.30. The summed E-state index contributed by atoms with van der Waals surface area (Å²) < 4.78 is 14.0. The fourth-order valence-corrected chi connectivity index (χ4v) is 3.45. The van der Waals surface area contributed by atoms with E-state index in [0.717, 1.165) is 24.8 Å². The van der Waals surface area contributed by atoms with Gasteiger partial charge in [0.2, 0.25) is 0 Å². The van der Waals surface area contributed by atoms with E-state index in [2.05, 4.69) is 12.1 Å². The van der Waals surface area contributed by atoms with Crippen molar-refractivity contribution in [2.45, 2.75) is 37.2 Å². The number of benzene rings is 2. The minimum absolute atomic E-state index is 0.113. The van der Waals surface area contributed by atoms with Crippen LogP contribution in [0.3, 0.4) is 0 Å². The van der Waals surface area contributed by atoms with Crippen LogP contribution in [0.4, 0.5) is 4.39 Å². The van der Waals surface area contributed by atoms with Crippen molar-refractivity contribution in [2.24, 2.45) is 0 Å². The van der Waals surface area contributed by atoms with Crippen LogP contribution in [0, 0.1) is 5.82 Å². The van der Waals surface area contributed by atoms with Gasteiger partial charge in [0.1, 0.15) is 5.82 Å². The lowest BCUT2D eigenvalue weighted by Crippen LogP contribution is -2.46. The molecular formula is C18H18ClFO. The van der Waals surface area contributed by atoms with E-state index < -0.39 is 11.9 Å². The van der Waals surface area contributed by atoms with Gasteiger partial charge in [-0.15, -0.1) is 0 Å². The van der Waals surface area contributed by atoms with Crippen LogP contribution in [-0.2, 0) is 11.8 Å². The van der Waals surface area contributed by atoms with E-state index in [9.17, 15) is 9.50 Å². The summed E-state index contributed by atoms with van der Waals surface area (Å²) in [5.74, 6) is -0.416. The first-order chi connectivity index (χ1) is 10.1. The molecule has 1 aliphatic rings. The molecule has 1 atom stereocenters. The van der Waals surface area contributed by atoms with Crippen LogP contribution in [0.1, 0.15) is 30.4 Å². The van der Waals surface area contributed by atoms with Crippen LogP contribution >= 0.6 is 11.6 Å². The van der Waals surface area contributed by atoms with Gasteiger partial charge in [-0.05, 0) is 30.0 Å². The Hall–Kier alpha value is -1.38. The summed E-state index contributed by atoms with van der Waals surface area (Å²) in [6.07, 6.45) is 2.69. The van der Waals surface area contributed by atoms with E-state index in [1.807, 2.05) is 18.2 Å². The van der Waals surface area contributed by atoms with Crippen molar-refractivity contribution in [2.75, 3.05) is 0 Å². The second-order valence-electron chi connectivity index (χ2n) is 5.81. The lowest BCUT2D eigenvalue weighted by molar-refractivity contribution is 0.0280. The minimum Gasteiger partial charge on any atom is -0.392 e. The Balaban J connectivity index is 1.87. The van der Waals surface area contributed by atoms with Crippen LogP contribution in [0.25, 0.3) is 0 Å². The second-order valence-corrected chi connectivity index (χ2v) is 6.22. The molecule has 1 unspecified atom stereocenters. The third-order valence-corrected chi connectivity index (χ3v) is 4.97. The largest absolute Gasteiger partial charge is 0.392 e. The van der Waals surface area contributed by atoms with Gasteiger partial charge in [-0.3, -0.25) is 0 Å². The van der Waals surface area contributed by atoms with E-state index in [1.165, 1.54) is 6.07 Å². The Kier molecular flexibility index (Phi) is 4.01. The minimum atomic E-state index is -0.596. The third kappa shape index (κ3) is 2.58. The summed E-state index contributed by atoms with van der Waals surface area (Å²) in [6, 6.07) is 15.0. The highest BCUT2D eigenvalue weighted by atomic mass is 35.5. The van der Waals surface area contributed by atoms with Crippen LogP contribution in [0.5, 0.6) is 0 Å². The van der Waals surface area contributed by atoms with Gasteiger partial charge in [-0.25, -0.2) is 4.39 Å². The van der Waals surface area contributed by atoms with Gasteiger partial charge in [0.15, 0.2) is 0 Å². The molecule has 1 nitrogen and oxygen atoms in total. The van der Waals surface area contributed by atoms with E-state index in [0.29, 0.717) is 12.0 Å². The zero-order valence-corrected chi connectivity index (χ0v) is 12.5. The number of hydrogen-bond donors (Lipinski definition) is 1. The molecule has 3 rings (SSSR count). The molecule has 2 aromatic carbocycles. The van der Waals surface area contributed by atoms with Crippen molar-refractivity contribution < 1.29 is 9.50 Å². The lowest BCUT2D eigenvalue weighted by atomic mass is 9.60. The molecule has 1 saturated carbocycles. The standard InChI is InChI=1S/C18H18ClFO/c19-15-9-4-6-13(17(15)20)12-16(21)18(10-5-11-18)14-7-2-1-3-8-14/h1-4,6-9,16,21H,5,10-12H2. The number of aliphatic hydroxyl groups is 1. The van der Waals surface area contributed by atoms with Crippen molar-refractivity contribution in [1.82, 2.24) is 0 Å². The molecule has 1 fully saturated rings. The molecule has 0 radical (unpaired) electrons. The average molecular weight is 305 g/mol. The molecule has 0 amide bonds. The van der Waals surface area contributed by atoms with Crippen LogP contribution < -0.4 is 0 Å². The van der Waals surface area contributed by atoms with Gasteiger partial charge in [0, 0.05) is 11.8 Å². The van der Waals surface area contributed by atoms with Gasteiger partial charge in [-0.1, -0.05) is 60.5 Å². The molecule has 110 valence electrons. The first-order valence-electron chi connectivity index (χ1n) is 7.30. The molecule has 0 aromatic heterocycles. The number of rotatable bonds is 4. The Morgan fingerprint density at radius 3 is 2.43 bits per heavy atom. The summed E-state index contributed by atoms with van der Waals surface area (Å²) in [5, 5.41) is 10.8. The summed E-state index contributed by atoms with van der Waals surface area (Å²) in [6.45, 7) is 0. The maximum atomic E-state index is 14.0. The average Bonchev–Trinajstić information content (AvgIpc) is 2.44. The van der Waals surface area contributed by atoms with Crippen LogP contribution in [0.2, 0.25) is 5.02 Å². The molecule has 21 heavy (non-hydrogen) atoms. The summed E-state index contributed by atoms with van der Waals surface area (Å²) in [4.78, 5) is 0. The zero-order chi connectivity index (χ0) is 14.9. The van der Waals surface area contributed by atoms with E-state index in [4.69, 9.17) is 11.6 Å². The topological polar surface area (TPSA) is 20.2 Å². The summed E-state index contributed by atoms with van der Waals surface area (Å²) in [5.41, 5.74) is 1.39. The van der Waals surface area contributed by atoms with E-state index in [-0.39, 0.29) is 10.4 Å². The number of hydrogen-bond acceptors (Lipinski definition) is 1. The van der Waals surface area contributed by atoms with Crippen molar-refractivity contribution in [3.63, 3.8) is 0 Å². The Morgan fingerprint density at radius 1 is 1.10 bits per heavy atom. The molecule has 1 aliphatic carbocycles. The molecule has 0 spiro atoms. The van der Waals surface area contributed by atoms with Crippen molar-refractivity contribution >= 4 is 11.6 Å². The van der Waals surface area contributed by atoms with Crippen molar-refractivity contribution in [3.05, 3.63) is 70.5 Å². The molecule has 0 saturated heterocycles. The predicted molar refractivity (Wildman–Crippen MR) is 83.1 cm³/mol. The maximum absolute atomic E-state index is 14.0. The lowest BCUT2D eigenvalue weighted by Gasteiger charge is -2.46. The van der Waals surface area contributed by atoms with Crippen molar-refractivity contribution in [3.8, 4) is 0 Å². The van der Waals surface area contributed by atoms with Gasteiger partial charge in [-0.2, -0.15) is 0 Å². The summed E-state index contributed by atoms with van der Waals surface area (Å²) in [7, 11) is 0. The monoisotopic (exact) mass is 304 g/mol. The zero-order valence-electron chi connectivity index (χ0n) is 11.7. The van der Waals surface area contributed by atoms with E-state index >= 15 is 0 Å². The number of halogens is 2. The SMILES string of the molecule is OC(Cc1cccc(Cl)c1F)C1(c2ccccc2)CCC1. The van der Waals surface area contributed by atoms with Crippen molar-refractivity contribution in [1.29, 1.82) is 0 Å². The highest BCUT2D eigenvalue weighted by Crippen LogP contribution is 2.47. The smallest absolute Gasteiger partial charge is 0.145 e. The number of aliphatic hydroxyl groups excluding tert-OH is 1. The fourth-order valence-electron chi connectivity index (χ4n) is 3.25. The van der Waals surface area contributed by atoms with Crippen LogP contribution in [-0.4, -0.2) is 11.2 Å². The molecule has 2 aromatic rings. The van der Waals surface area contributed by atoms with Gasteiger partial charge in [0.05, 0.1) is 11.1 Å². The molecule has 0 heterocycles. The first-order valence-corrected chi connectivity index (χ1v) is 7.68. The third-order valence-electron chi connectivity index (χ3n) is 4.68. The predicted octanol–water partition coefficient (Wildman–Crippen LogP) is 4.50. The highest BCUT2D eigenvalue weighted by Gasteiger charge is 2.44. The second kappa shape index (κ2) is 5.78. The Morgan fingerprint density at radius 2 is 1.81 bits per heavy atom.